The van der Waals surface area contributed by atoms with Gasteiger partial charge < -0.3 is 9.84 Å². The average Bonchev–Trinajstić information content (AvgIpc) is 2.78. The summed E-state index contributed by atoms with van der Waals surface area (Å²) in [4.78, 5) is 21.4. The Morgan fingerprint density at radius 2 is 2.21 bits per heavy atom. The Hall–Kier alpha value is -2.77. The molecular weight excluding hydrogens is 257 g/mol. The predicted molar refractivity (Wildman–Crippen MR) is 62.2 cm³/mol. The summed E-state index contributed by atoms with van der Waals surface area (Å²) in [6, 6.07) is 4.46. The van der Waals surface area contributed by atoms with Crippen molar-refractivity contribution in [1.29, 1.82) is 0 Å². The fourth-order valence-corrected chi connectivity index (χ4v) is 1.40. The number of carbonyl (C=O) groups excluding carboxylic acids is 1. The highest BCUT2D eigenvalue weighted by atomic mass is 19.1. The number of hydrogen-bond donors (Lipinski definition) is 1. The molecular formula is C11H8FN3O4. The number of rotatable bonds is 3. The first-order chi connectivity index (χ1) is 8.97. The molecule has 0 fully saturated rings. The zero-order chi connectivity index (χ0) is 14.0. The van der Waals surface area contributed by atoms with Crippen molar-refractivity contribution in [3.63, 3.8) is 0 Å². The Balaban J connectivity index is 2.22. The number of nitro groups is 1. The van der Waals surface area contributed by atoms with Crippen LogP contribution in [0.25, 0.3) is 0 Å². The molecule has 0 bridgehead atoms. The van der Waals surface area contributed by atoms with Gasteiger partial charge in [-0.25, -0.2) is 0 Å². The van der Waals surface area contributed by atoms with Gasteiger partial charge in [-0.2, -0.15) is 4.39 Å². The van der Waals surface area contributed by atoms with Crippen LogP contribution >= 0.6 is 0 Å². The number of hydrogen-bond acceptors (Lipinski definition) is 5. The summed E-state index contributed by atoms with van der Waals surface area (Å²) < 4.78 is 17.8. The van der Waals surface area contributed by atoms with E-state index in [1.165, 1.54) is 12.1 Å². The van der Waals surface area contributed by atoms with E-state index in [0.717, 1.165) is 12.1 Å². The average molecular weight is 265 g/mol. The molecule has 1 aromatic heterocycles. The summed E-state index contributed by atoms with van der Waals surface area (Å²) in [5, 5.41) is 16.4. The van der Waals surface area contributed by atoms with Crippen LogP contribution < -0.4 is 5.32 Å². The number of halogens is 1. The third-order valence-electron chi connectivity index (χ3n) is 2.26. The molecule has 0 saturated carbocycles. The van der Waals surface area contributed by atoms with Crippen LogP contribution in [0.5, 0.6) is 0 Å². The Kier molecular flexibility index (Phi) is 3.23. The van der Waals surface area contributed by atoms with Gasteiger partial charge >= 0.3 is 5.69 Å². The summed E-state index contributed by atoms with van der Waals surface area (Å²) in [5.74, 6) is -1.12. The van der Waals surface area contributed by atoms with E-state index in [9.17, 15) is 19.3 Å². The van der Waals surface area contributed by atoms with Crippen molar-refractivity contribution in [2.24, 2.45) is 0 Å². The molecule has 0 saturated heterocycles. The summed E-state index contributed by atoms with van der Waals surface area (Å²) in [6.45, 7) is 1.62. The number of aromatic nitrogens is 1. The van der Waals surface area contributed by atoms with Gasteiger partial charge in [0.05, 0.1) is 4.92 Å². The van der Waals surface area contributed by atoms with E-state index in [2.05, 4.69) is 10.5 Å². The molecule has 1 heterocycles. The minimum atomic E-state index is -0.972. The van der Waals surface area contributed by atoms with Crippen LogP contribution in [0.4, 0.5) is 15.8 Å². The van der Waals surface area contributed by atoms with E-state index in [1.54, 1.807) is 6.92 Å². The first-order valence-corrected chi connectivity index (χ1v) is 5.16. The SMILES string of the molecule is Cc1cc(C(=O)Nc2ccc(F)c([N+](=O)[O-])c2)no1. The van der Waals surface area contributed by atoms with E-state index in [0.29, 0.717) is 5.76 Å². The van der Waals surface area contributed by atoms with Gasteiger partial charge in [0.1, 0.15) is 5.76 Å². The van der Waals surface area contributed by atoms with E-state index in [4.69, 9.17) is 4.52 Å². The molecule has 2 rings (SSSR count). The second-order valence-corrected chi connectivity index (χ2v) is 3.70. The fraction of sp³-hybridized carbons (Fsp3) is 0.0909. The topological polar surface area (TPSA) is 98.3 Å². The summed E-state index contributed by atoms with van der Waals surface area (Å²) in [7, 11) is 0. The number of carbonyl (C=O) groups is 1. The molecule has 7 nitrogen and oxygen atoms in total. The Labute approximate surface area is 106 Å². The quantitative estimate of drug-likeness (QED) is 0.678. The molecule has 1 aromatic carbocycles. The Bertz CT molecular complexity index is 653. The van der Waals surface area contributed by atoms with Gasteiger partial charge in [-0.05, 0) is 19.1 Å². The maximum absolute atomic E-state index is 13.1. The maximum atomic E-state index is 13.1. The van der Waals surface area contributed by atoms with E-state index in [1.807, 2.05) is 0 Å². The van der Waals surface area contributed by atoms with E-state index < -0.39 is 22.3 Å². The van der Waals surface area contributed by atoms with Crippen molar-refractivity contribution in [2.45, 2.75) is 6.92 Å². The number of anilines is 1. The standard InChI is InChI=1S/C11H8FN3O4/c1-6-4-9(14-19-6)11(16)13-7-2-3-8(12)10(5-7)15(17)18/h2-5H,1H3,(H,13,16). The van der Waals surface area contributed by atoms with Gasteiger partial charge in [0, 0.05) is 17.8 Å². The highest BCUT2D eigenvalue weighted by Crippen LogP contribution is 2.22. The zero-order valence-electron chi connectivity index (χ0n) is 9.71. The minimum absolute atomic E-state index is 0.0319. The van der Waals surface area contributed by atoms with Crippen molar-refractivity contribution in [1.82, 2.24) is 5.16 Å². The number of aryl methyl sites for hydroxylation is 1. The molecule has 98 valence electrons. The Morgan fingerprint density at radius 3 is 2.79 bits per heavy atom. The minimum Gasteiger partial charge on any atom is -0.361 e. The molecule has 0 radical (unpaired) electrons. The van der Waals surface area contributed by atoms with Crippen molar-refractivity contribution in [3.05, 3.63) is 51.7 Å². The van der Waals surface area contributed by atoms with Gasteiger partial charge in [0.25, 0.3) is 5.91 Å². The molecule has 1 N–H and O–H groups in total. The molecule has 2 aromatic rings. The molecule has 0 aliphatic heterocycles. The predicted octanol–water partition coefficient (Wildman–Crippen LogP) is 2.28. The first-order valence-electron chi connectivity index (χ1n) is 5.16. The van der Waals surface area contributed by atoms with Crippen LogP contribution in [0.2, 0.25) is 0 Å². The lowest BCUT2D eigenvalue weighted by atomic mass is 10.2. The lowest BCUT2D eigenvalue weighted by molar-refractivity contribution is -0.387. The lowest BCUT2D eigenvalue weighted by Gasteiger charge is -2.02. The monoisotopic (exact) mass is 265 g/mol. The van der Waals surface area contributed by atoms with Crippen LogP contribution in [0, 0.1) is 22.9 Å². The van der Waals surface area contributed by atoms with Gasteiger partial charge in [-0.1, -0.05) is 5.16 Å². The number of benzene rings is 1. The third-order valence-corrected chi connectivity index (χ3v) is 2.26. The highest BCUT2D eigenvalue weighted by Gasteiger charge is 2.17. The van der Waals surface area contributed by atoms with Crippen molar-refractivity contribution >= 4 is 17.3 Å². The zero-order valence-corrected chi connectivity index (χ0v) is 9.71. The van der Waals surface area contributed by atoms with Crippen LogP contribution in [0.15, 0.2) is 28.8 Å². The second-order valence-electron chi connectivity index (χ2n) is 3.70. The molecule has 8 heteroatoms. The fourth-order valence-electron chi connectivity index (χ4n) is 1.40. The van der Waals surface area contributed by atoms with Gasteiger partial charge in [0.15, 0.2) is 5.69 Å². The summed E-state index contributed by atoms with van der Waals surface area (Å²) >= 11 is 0. The summed E-state index contributed by atoms with van der Waals surface area (Å²) in [5.41, 5.74) is -0.586. The van der Waals surface area contributed by atoms with Gasteiger partial charge in [-0.3, -0.25) is 14.9 Å². The number of nitrogens with one attached hydrogen (secondary N) is 1. The van der Waals surface area contributed by atoms with Crippen LogP contribution in [0.1, 0.15) is 16.2 Å². The van der Waals surface area contributed by atoms with Gasteiger partial charge in [-0.15, -0.1) is 0 Å². The normalized spacial score (nSPS) is 10.2. The van der Waals surface area contributed by atoms with Gasteiger partial charge in [0.2, 0.25) is 5.82 Å². The van der Waals surface area contributed by atoms with Crippen molar-refractivity contribution < 1.29 is 18.6 Å². The largest absolute Gasteiger partial charge is 0.361 e. The second kappa shape index (κ2) is 4.84. The van der Waals surface area contributed by atoms with Crippen LogP contribution in [-0.2, 0) is 0 Å². The number of nitrogens with zero attached hydrogens (tertiary/aromatic N) is 2. The lowest BCUT2D eigenvalue weighted by Crippen LogP contribution is -2.12. The maximum Gasteiger partial charge on any atom is 0.306 e. The van der Waals surface area contributed by atoms with E-state index in [-0.39, 0.29) is 11.4 Å². The van der Waals surface area contributed by atoms with Crippen molar-refractivity contribution in [3.8, 4) is 0 Å². The van der Waals surface area contributed by atoms with Crippen LogP contribution in [-0.4, -0.2) is 16.0 Å². The highest BCUT2D eigenvalue weighted by molar-refractivity contribution is 6.02. The number of amides is 1. The molecule has 19 heavy (non-hydrogen) atoms. The number of nitro benzene ring substituents is 1. The molecule has 1 amide bonds. The van der Waals surface area contributed by atoms with E-state index >= 15 is 0 Å². The molecule has 0 unspecified atom stereocenters. The first kappa shape index (κ1) is 12.7. The van der Waals surface area contributed by atoms with Crippen LogP contribution in [0.3, 0.4) is 0 Å². The molecule has 0 aliphatic carbocycles. The molecule has 0 atom stereocenters. The summed E-state index contributed by atoms with van der Waals surface area (Å²) in [6.07, 6.45) is 0. The molecule has 0 aliphatic rings. The Morgan fingerprint density at radius 1 is 1.47 bits per heavy atom. The third kappa shape index (κ3) is 2.73. The smallest absolute Gasteiger partial charge is 0.306 e. The van der Waals surface area contributed by atoms with Crippen molar-refractivity contribution in [2.75, 3.05) is 5.32 Å². The molecule has 0 spiro atoms.